The topological polar surface area (TPSA) is 45.8 Å². The Morgan fingerprint density at radius 1 is 1.11 bits per heavy atom. The van der Waals surface area contributed by atoms with Crippen LogP contribution in [0.25, 0.3) is 21.9 Å². The number of nitrogens with one attached hydrogen (secondary N) is 1. The van der Waals surface area contributed by atoms with Gasteiger partial charge in [0.1, 0.15) is 5.65 Å². The van der Waals surface area contributed by atoms with Crippen molar-refractivity contribution >= 4 is 21.9 Å². The summed E-state index contributed by atoms with van der Waals surface area (Å²) < 4.78 is 0. The van der Waals surface area contributed by atoms with Gasteiger partial charge in [0, 0.05) is 11.1 Å². The van der Waals surface area contributed by atoms with E-state index in [9.17, 15) is 4.79 Å². The third-order valence-corrected chi connectivity index (χ3v) is 3.13. The van der Waals surface area contributed by atoms with Gasteiger partial charge in [0.2, 0.25) is 0 Å². The molecule has 0 radical (unpaired) electrons. The molecule has 1 N–H and O–H groups in total. The van der Waals surface area contributed by atoms with Gasteiger partial charge in [0.15, 0.2) is 5.43 Å². The van der Waals surface area contributed by atoms with Crippen LogP contribution in [0.5, 0.6) is 0 Å². The van der Waals surface area contributed by atoms with Crippen molar-refractivity contribution in [1.29, 1.82) is 0 Å². The Labute approximate surface area is 104 Å². The lowest BCUT2D eigenvalue weighted by atomic mass is 10.1. The van der Waals surface area contributed by atoms with Crippen LogP contribution < -0.4 is 5.43 Å². The highest BCUT2D eigenvalue weighted by Crippen LogP contribution is 2.13. The van der Waals surface area contributed by atoms with Crippen LogP contribution in [-0.4, -0.2) is 9.97 Å². The molecular formula is C15H14N2O. The molecule has 3 heteroatoms. The molecule has 3 aromatic rings. The second-order valence-corrected chi connectivity index (χ2v) is 4.45. The highest BCUT2D eigenvalue weighted by atomic mass is 16.1. The number of hydrogen-bond donors (Lipinski definition) is 1. The molecule has 0 aliphatic carbocycles. The Balaban J connectivity index is 2.37. The highest BCUT2D eigenvalue weighted by Gasteiger charge is 2.06. The standard InChI is InChI=1S/C15H14N2O/c1-2-5-10-8-9-12-14(18)11-6-3-4-7-13(11)17-15(12)16-10/h3-4,6-9H,2,5H2,1H3,(H,16,17,18). The predicted octanol–water partition coefficient (Wildman–Crippen LogP) is 3.03. The number of fused-ring (bicyclic) bond motifs is 2. The van der Waals surface area contributed by atoms with Crippen molar-refractivity contribution in [2.24, 2.45) is 0 Å². The van der Waals surface area contributed by atoms with Gasteiger partial charge in [-0.05, 0) is 30.7 Å². The number of rotatable bonds is 2. The number of aromatic nitrogens is 2. The molecule has 2 aromatic heterocycles. The van der Waals surface area contributed by atoms with E-state index >= 15 is 0 Å². The average molecular weight is 238 g/mol. The molecule has 0 unspecified atom stereocenters. The molecule has 0 saturated carbocycles. The average Bonchev–Trinajstić information content (AvgIpc) is 2.39. The second-order valence-electron chi connectivity index (χ2n) is 4.45. The van der Waals surface area contributed by atoms with Gasteiger partial charge in [-0.25, -0.2) is 4.98 Å². The summed E-state index contributed by atoms with van der Waals surface area (Å²) in [4.78, 5) is 20.1. The van der Waals surface area contributed by atoms with E-state index in [2.05, 4.69) is 16.9 Å². The molecule has 0 amide bonds. The first kappa shape index (κ1) is 11.0. The second kappa shape index (κ2) is 4.26. The van der Waals surface area contributed by atoms with Crippen LogP contribution in [0, 0.1) is 0 Å². The van der Waals surface area contributed by atoms with E-state index in [1.165, 1.54) is 0 Å². The maximum atomic E-state index is 12.3. The molecule has 3 rings (SSSR count). The Morgan fingerprint density at radius 2 is 1.94 bits per heavy atom. The van der Waals surface area contributed by atoms with Gasteiger partial charge in [-0.2, -0.15) is 0 Å². The van der Waals surface area contributed by atoms with Crippen molar-refractivity contribution in [2.75, 3.05) is 0 Å². The molecule has 0 aliphatic heterocycles. The molecule has 0 saturated heterocycles. The van der Waals surface area contributed by atoms with Crippen molar-refractivity contribution in [2.45, 2.75) is 19.8 Å². The van der Waals surface area contributed by atoms with Gasteiger partial charge in [-0.1, -0.05) is 25.5 Å². The molecule has 0 aliphatic rings. The fourth-order valence-electron chi connectivity index (χ4n) is 2.24. The van der Waals surface area contributed by atoms with E-state index in [0.29, 0.717) is 11.0 Å². The number of H-pyrrole nitrogens is 1. The summed E-state index contributed by atoms with van der Waals surface area (Å²) in [6, 6.07) is 11.4. The van der Waals surface area contributed by atoms with Crippen molar-refractivity contribution in [3.63, 3.8) is 0 Å². The normalized spacial score (nSPS) is 11.2. The number of benzene rings is 1. The van der Waals surface area contributed by atoms with Crippen molar-refractivity contribution in [1.82, 2.24) is 9.97 Å². The van der Waals surface area contributed by atoms with Crippen LogP contribution in [0.2, 0.25) is 0 Å². The minimum atomic E-state index is 0.0508. The maximum Gasteiger partial charge on any atom is 0.198 e. The number of nitrogens with zero attached hydrogens (tertiary/aromatic N) is 1. The zero-order valence-corrected chi connectivity index (χ0v) is 10.2. The van der Waals surface area contributed by atoms with Crippen molar-refractivity contribution < 1.29 is 0 Å². The molecule has 0 bridgehead atoms. The largest absolute Gasteiger partial charge is 0.339 e. The molecule has 1 aromatic carbocycles. The number of para-hydroxylation sites is 1. The molecule has 2 heterocycles. The maximum absolute atomic E-state index is 12.3. The number of hydrogen-bond acceptors (Lipinski definition) is 2. The van der Waals surface area contributed by atoms with Crippen LogP contribution in [-0.2, 0) is 6.42 Å². The minimum absolute atomic E-state index is 0.0508. The number of aryl methyl sites for hydroxylation is 1. The monoisotopic (exact) mass is 238 g/mol. The lowest BCUT2D eigenvalue weighted by Gasteiger charge is -2.04. The third-order valence-electron chi connectivity index (χ3n) is 3.13. The van der Waals surface area contributed by atoms with Crippen molar-refractivity contribution in [3.05, 3.63) is 52.3 Å². The molecular weight excluding hydrogens is 224 g/mol. The van der Waals surface area contributed by atoms with Crippen LogP contribution in [0.3, 0.4) is 0 Å². The third kappa shape index (κ3) is 1.68. The first-order chi connectivity index (χ1) is 8.79. The smallest absolute Gasteiger partial charge is 0.198 e. The van der Waals surface area contributed by atoms with E-state index in [4.69, 9.17) is 0 Å². The molecule has 18 heavy (non-hydrogen) atoms. The molecule has 3 nitrogen and oxygen atoms in total. The van der Waals surface area contributed by atoms with E-state index in [-0.39, 0.29) is 5.43 Å². The Kier molecular flexibility index (Phi) is 2.59. The van der Waals surface area contributed by atoms with Crippen LogP contribution >= 0.6 is 0 Å². The number of pyridine rings is 2. The van der Waals surface area contributed by atoms with Gasteiger partial charge >= 0.3 is 0 Å². The zero-order valence-electron chi connectivity index (χ0n) is 10.2. The molecule has 0 spiro atoms. The van der Waals surface area contributed by atoms with Gasteiger partial charge in [0.05, 0.1) is 10.9 Å². The lowest BCUT2D eigenvalue weighted by molar-refractivity contribution is 0.888. The predicted molar refractivity (Wildman–Crippen MR) is 73.9 cm³/mol. The van der Waals surface area contributed by atoms with Gasteiger partial charge in [0.25, 0.3) is 0 Å². The summed E-state index contributed by atoms with van der Waals surface area (Å²) in [5, 5.41) is 1.38. The number of aromatic amines is 1. The van der Waals surface area contributed by atoms with Crippen LogP contribution in [0.15, 0.2) is 41.2 Å². The van der Waals surface area contributed by atoms with E-state index < -0.39 is 0 Å². The highest BCUT2D eigenvalue weighted by molar-refractivity contribution is 5.90. The first-order valence-corrected chi connectivity index (χ1v) is 6.20. The molecule has 0 fully saturated rings. The van der Waals surface area contributed by atoms with Crippen LogP contribution in [0.1, 0.15) is 19.0 Å². The van der Waals surface area contributed by atoms with Crippen LogP contribution in [0.4, 0.5) is 0 Å². The molecule has 0 atom stereocenters. The Morgan fingerprint density at radius 3 is 2.78 bits per heavy atom. The summed E-state index contributed by atoms with van der Waals surface area (Å²) >= 11 is 0. The SMILES string of the molecule is CCCc1ccc2c(=O)c3ccccc3[nH]c2n1. The Hall–Kier alpha value is -2.16. The van der Waals surface area contributed by atoms with E-state index in [0.717, 1.165) is 29.4 Å². The lowest BCUT2D eigenvalue weighted by Crippen LogP contribution is -2.06. The fourth-order valence-corrected chi connectivity index (χ4v) is 2.24. The summed E-state index contributed by atoms with van der Waals surface area (Å²) in [5.41, 5.74) is 2.60. The quantitative estimate of drug-likeness (QED) is 0.697. The van der Waals surface area contributed by atoms with Gasteiger partial charge in [-0.3, -0.25) is 4.79 Å². The summed E-state index contributed by atoms with van der Waals surface area (Å²) in [6.45, 7) is 2.12. The van der Waals surface area contributed by atoms with Gasteiger partial charge < -0.3 is 4.98 Å². The minimum Gasteiger partial charge on any atom is -0.339 e. The zero-order chi connectivity index (χ0) is 12.5. The van der Waals surface area contributed by atoms with Crippen molar-refractivity contribution in [3.8, 4) is 0 Å². The van der Waals surface area contributed by atoms with Gasteiger partial charge in [-0.15, -0.1) is 0 Å². The summed E-state index contributed by atoms with van der Waals surface area (Å²) in [5.74, 6) is 0. The summed E-state index contributed by atoms with van der Waals surface area (Å²) in [7, 11) is 0. The van der Waals surface area contributed by atoms with E-state index in [1.54, 1.807) is 0 Å². The summed E-state index contributed by atoms with van der Waals surface area (Å²) in [6.07, 6.45) is 1.99. The fraction of sp³-hybridized carbons (Fsp3) is 0.200. The van der Waals surface area contributed by atoms with E-state index in [1.807, 2.05) is 36.4 Å². The molecule has 90 valence electrons. The first-order valence-electron chi connectivity index (χ1n) is 6.20. The Bertz CT molecular complexity index is 774.